The van der Waals surface area contributed by atoms with Crippen molar-refractivity contribution in [2.45, 2.75) is 37.0 Å². The second-order valence-electron chi connectivity index (χ2n) is 4.93. The van der Waals surface area contributed by atoms with Crippen molar-refractivity contribution in [3.05, 3.63) is 0 Å². The predicted molar refractivity (Wildman–Crippen MR) is 72.5 cm³/mol. The van der Waals surface area contributed by atoms with E-state index in [0.717, 1.165) is 6.42 Å². The molecule has 1 unspecified atom stereocenters. The molecule has 0 spiro atoms. The Bertz CT molecular complexity index is 360. The molecule has 0 saturated carbocycles. The minimum Gasteiger partial charge on any atom is -0.467 e. The van der Waals surface area contributed by atoms with E-state index in [2.05, 4.69) is 5.32 Å². The average Bonchev–Trinajstić information content (AvgIpc) is 3.06. The number of nitrogens with one attached hydrogen (secondary N) is 1. The normalized spacial score (nSPS) is 32.5. The molecule has 3 atom stereocenters. The lowest BCUT2D eigenvalue weighted by atomic mass is 9.98. The Kier molecular flexibility index (Phi) is 6.19. The highest BCUT2D eigenvalue weighted by Crippen LogP contribution is 2.23. The van der Waals surface area contributed by atoms with Gasteiger partial charge in [0.1, 0.15) is 6.10 Å². The fraction of sp³-hybridized carbons (Fsp3) is 0.833. The van der Waals surface area contributed by atoms with E-state index >= 15 is 0 Å². The first-order valence-corrected chi connectivity index (χ1v) is 6.45. The third-order valence-corrected chi connectivity index (χ3v) is 3.62. The van der Waals surface area contributed by atoms with Gasteiger partial charge in [-0.2, -0.15) is 0 Å². The van der Waals surface area contributed by atoms with Gasteiger partial charge in [0.2, 0.25) is 5.91 Å². The van der Waals surface area contributed by atoms with Crippen LogP contribution >= 0.6 is 12.4 Å². The van der Waals surface area contributed by atoms with E-state index in [9.17, 15) is 9.59 Å². The summed E-state index contributed by atoms with van der Waals surface area (Å²) in [4.78, 5) is 24.0. The molecule has 7 nitrogen and oxygen atoms in total. The van der Waals surface area contributed by atoms with E-state index in [1.165, 1.54) is 7.11 Å². The third kappa shape index (κ3) is 3.41. The maximum absolute atomic E-state index is 12.1. The summed E-state index contributed by atoms with van der Waals surface area (Å²) < 4.78 is 15.5. The molecule has 20 heavy (non-hydrogen) atoms. The Morgan fingerprint density at radius 2 is 2.20 bits per heavy atom. The lowest BCUT2D eigenvalue weighted by molar-refractivity contribution is -0.152. The summed E-state index contributed by atoms with van der Waals surface area (Å²) in [5, 5.41) is 2.73. The van der Waals surface area contributed by atoms with Crippen LogP contribution in [0.15, 0.2) is 0 Å². The number of carbonyl (C=O) groups is 2. The van der Waals surface area contributed by atoms with Crippen molar-refractivity contribution in [2.75, 3.05) is 26.9 Å². The second kappa shape index (κ2) is 7.21. The molecule has 3 N–H and O–H groups in total. The van der Waals surface area contributed by atoms with Crippen LogP contribution in [0, 0.1) is 0 Å². The van der Waals surface area contributed by atoms with Gasteiger partial charge >= 0.3 is 5.97 Å². The van der Waals surface area contributed by atoms with Crippen molar-refractivity contribution >= 4 is 24.3 Å². The van der Waals surface area contributed by atoms with E-state index in [0.29, 0.717) is 26.0 Å². The van der Waals surface area contributed by atoms with Gasteiger partial charge in [-0.1, -0.05) is 0 Å². The SMILES string of the molecule is COC(=O)C1(NC(=O)[C@@H]2CC[C@H](CN)O2)CCOC1.Cl. The maximum Gasteiger partial charge on any atom is 0.334 e. The van der Waals surface area contributed by atoms with Crippen LogP contribution in [0.5, 0.6) is 0 Å². The molecule has 0 radical (unpaired) electrons. The quantitative estimate of drug-likeness (QED) is 0.670. The molecule has 0 bridgehead atoms. The summed E-state index contributed by atoms with van der Waals surface area (Å²) in [5.41, 5.74) is 4.43. The first-order chi connectivity index (χ1) is 9.11. The number of methoxy groups -OCH3 is 1. The number of esters is 1. The molecule has 2 saturated heterocycles. The molecule has 0 aromatic heterocycles. The smallest absolute Gasteiger partial charge is 0.334 e. The van der Waals surface area contributed by atoms with E-state index < -0.39 is 17.6 Å². The Morgan fingerprint density at radius 3 is 2.70 bits per heavy atom. The van der Waals surface area contributed by atoms with Crippen molar-refractivity contribution in [3.8, 4) is 0 Å². The summed E-state index contributed by atoms with van der Waals surface area (Å²) in [7, 11) is 1.30. The molecule has 0 aromatic rings. The molecule has 0 aromatic carbocycles. The van der Waals surface area contributed by atoms with E-state index in [1.807, 2.05) is 0 Å². The molecule has 2 rings (SSSR count). The van der Waals surface area contributed by atoms with Crippen molar-refractivity contribution < 1.29 is 23.8 Å². The first kappa shape index (κ1) is 17.2. The second-order valence-corrected chi connectivity index (χ2v) is 4.93. The Morgan fingerprint density at radius 1 is 1.45 bits per heavy atom. The number of hydrogen-bond acceptors (Lipinski definition) is 6. The zero-order valence-electron chi connectivity index (χ0n) is 11.4. The van der Waals surface area contributed by atoms with Crippen molar-refractivity contribution in [2.24, 2.45) is 5.73 Å². The van der Waals surface area contributed by atoms with Crippen LogP contribution in [0.2, 0.25) is 0 Å². The van der Waals surface area contributed by atoms with Crippen LogP contribution in [-0.2, 0) is 23.8 Å². The van der Waals surface area contributed by atoms with Crippen LogP contribution in [0.1, 0.15) is 19.3 Å². The zero-order chi connectivity index (χ0) is 13.9. The van der Waals surface area contributed by atoms with Crippen LogP contribution in [0.3, 0.4) is 0 Å². The van der Waals surface area contributed by atoms with Crippen molar-refractivity contribution in [1.29, 1.82) is 0 Å². The van der Waals surface area contributed by atoms with Crippen LogP contribution in [0.25, 0.3) is 0 Å². The van der Waals surface area contributed by atoms with Crippen molar-refractivity contribution in [3.63, 3.8) is 0 Å². The fourth-order valence-electron chi connectivity index (χ4n) is 2.46. The van der Waals surface area contributed by atoms with Crippen LogP contribution in [-0.4, -0.2) is 56.5 Å². The van der Waals surface area contributed by atoms with Gasteiger partial charge in [0.05, 0.1) is 19.8 Å². The van der Waals surface area contributed by atoms with Gasteiger partial charge in [0, 0.05) is 19.6 Å². The minimum atomic E-state index is -1.07. The molecule has 2 heterocycles. The average molecular weight is 309 g/mol. The maximum atomic E-state index is 12.1. The largest absolute Gasteiger partial charge is 0.467 e. The van der Waals surface area contributed by atoms with E-state index in [4.69, 9.17) is 19.9 Å². The number of carbonyl (C=O) groups excluding carboxylic acids is 2. The molecule has 8 heteroatoms. The molecule has 1 amide bonds. The topological polar surface area (TPSA) is 99.9 Å². The number of nitrogens with two attached hydrogens (primary N) is 1. The standard InChI is InChI=1S/C12H20N2O5.ClH/c1-17-11(16)12(4-5-18-7-12)14-10(15)9-3-2-8(6-13)19-9;/h8-9H,2-7,13H2,1H3,(H,14,15);1H/t8-,9+,12?;/m1./s1. The van der Waals surface area contributed by atoms with E-state index in [-0.39, 0.29) is 31.0 Å². The lowest BCUT2D eigenvalue weighted by Crippen LogP contribution is -2.58. The minimum absolute atomic E-state index is 0. The van der Waals surface area contributed by atoms with Gasteiger partial charge < -0.3 is 25.3 Å². The van der Waals surface area contributed by atoms with Gasteiger partial charge in [-0.05, 0) is 12.8 Å². The third-order valence-electron chi connectivity index (χ3n) is 3.62. The van der Waals surface area contributed by atoms with Gasteiger partial charge in [-0.3, -0.25) is 4.79 Å². The lowest BCUT2D eigenvalue weighted by Gasteiger charge is -2.27. The van der Waals surface area contributed by atoms with Gasteiger partial charge in [0.25, 0.3) is 0 Å². The number of amides is 1. The molecule has 116 valence electrons. The predicted octanol–water partition coefficient (Wildman–Crippen LogP) is -0.637. The highest BCUT2D eigenvalue weighted by Gasteiger charge is 2.46. The summed E-state index contributed by atoms with van der Waals surface area (Å²) >= 11 is 0. The molecule has 2 aliphatic rings. The number of hydrogen-bond donors (Lipinski definition) is 2. The van der Waals surface area contributed by atoms with Crippen LogP contribution in [0.4, 0.5) is 0 Å². The fourth-order valence-corrected chi connectivity index (χ4v) is 2.46. The monoisotopic (exact) mass is 308 g/mol. The summed E-state index contributed by atoms with van der Waals surface area (Å²) in [6, 6.07) is 0. The first-order valence-electron chi connectivity index (χ1n) is 6.45. The van der Waals surface area contributed by atoms with Crippen molar-refractivity contribution in [1.82, 2.24) is 5.32 Å². The highest BCUT2D eigenvalue weighted by atomic mass is 35.5. The summed E-state index contributed by atoms with van der Waals surface area (Å²) in [6.45, 7) is 0.958. The summed E-state index contributed by atoms with van der Waals surface area (Å²) in [6.07, 6.45) is 1.17. The zero-order valence-corrected chi connectivity index (χ0v) is 12.2. The van der Waals surface area contributed by atoms with Gasteiger partial charge in [-0.25, -0.2) is 4.79 Å². The molecule has 2 fully saturated rings. The molecule has 0 aliphatic carbocycles. The van der Waals surface area contributed by atoms with Gasteiger partial charge in [-0.15, -0.1) is 12.4 Å². The summed E-state index contributed by atoms with van der Waals surface area (Å²) in [5.74, 6) is -0.779. The Labute approximate surface area is 123 Å². The van der Waals surface area contributed by atoms with Crippen LogP contribution < -0.4 is 11.1 Å². The number of halogens is 1. The highest BCUT2D eigenvalue weighted by molar-refractivity contribution is 5.90. The molecular weight excluding hydrogens is 288 g/mol. The number of ether oxygens (including phenoxy) is 3. The Hall–Kier alpha value is -0.890. The van der Waals surface area contributed by atoms with Gasteiger partial charge in [0.15, 0.2) is 5.54 Å². The Balaban J connectivity index is 0.00000200. The number of rotatable bonds is 4. The molecular formula is C12H21ClN2O5. The molecule has 2 aliphatic heterocycles. The van der Waals surface area contributed by atoms with E-state index in [1.54, 1.807) is 0 Å².